The summed E-state index contributed by atoms with van der Waals surface area (Å²) in [5.74, 6) is 0. The summed E-state index contributed by atoms with van der Waals surface area (Å²) in [6.45, 7) is 8.56. The van der Waals surface area contributed by atoms with Crippen molar-refractivity contribution in [3.05, 3.63) is 0 Å². The molecule has 5 heteroatoms. The zero-order chi connectivity index (χ0) is 13.7. The van der Waals surface area contributed by atoms with Gasteiger partial charge in [0.25, 0.3) is 0 Å². The Labute approximate surface area is 103 Å². The molecule has 0 bridgehead atoms. The second kappa shape index (κ2) is 6.21. The predicted octanol–water partition coefficient (Wildman–Crippen LogP) is 1.42. The minimum absolute atomic E-state index is 0.322. The molecule has 0 saturated heterocycles. The predicted molar refractivity (Wildman–Crippen MR) is 65.8 cm³/mol. The van der Waals surface area contributed by atoms with Crippen molar-refractivity contribution < 1.29 is 19.7 Å². The number of aliphatic hydroxyl groups is 2. The third kappa shape index (κ3) is 5.37. The minimum Gasteiger partial charge on any atom is -0.444 e. The van der Waals surface area contributed by atoms with Gasteiger partial charge in [-0.05, 0) is 33.6 Å². The fourth-order valence-electron chi connectivity index (χ4n) is 1.54. The number of hydrogen-bond donors (Lipinski definition) is 3. The lowest BCUT2D eigenvalue weighted by molar-refractivity contribution is -0.0290. The molecule has 0 aliphatic rings. The Hall–Kier alpha value is -0.810. The van der Waals surface area contributed by atoms with Crippen molar-refractivity contribution in [2.45, 2.75) is 64.7 Å². The number of hydrogen-bond acceptors (Lipinski definition) is 4. The van der Waals surface area contributed by atoms with E-state index in [4.69, 9.17) is 4.74 Å². The molecule has 0 aliphatic heterocycles. The molecule has 1 amide bonds. The summed E-state index contributed by atoms with van der Waals surface area (Å²) in [6.07, 6.45) is 0.270. The van der Waals surface area contributed by atoms with E-state index >= 15 is 0 Å². The quantitative estimate of drug-likeness (QED) is 0.686. The maximum atomic E-state index is 11.6. The molecule has 0 heterocycles. The molecule has 1 atom stereocenters. The first-order valence-corrected chi connectivity index (χ1v) is 6.01. The minimum atomic E-state index is -1.11. The van der Waals surface area contributed by atoms with E-state index in [9.17, 15) is 15.0 Å². The Morgan fingerprint density at radius 3 is 2.06 bits per heavy atom. The highest BCUT2D eigenvalue weighted by atomic mass is 16.6. The lowest BCUT2D eigenvalue weighted by atomic mass is 9.89. The Balaban J connectivity index is 4.55. The third-order valence-electron chi connectivity index (χ3n) is 2.75. The molecular weight excluding hydrogens is 222 g/mol. The van der Waals surface area contributed by atoms with Crippen LogP contribution >= 0.6 is 0 Å². The summed E-state index contributed by atoms with van der Waals surface area (Å²) in [4.78, 5) is 11.6. The first-order valence-electron chi connectivity index (χ1n) is 6.01. The summed E-state index contributed by atoms with van der Waals surface area (Å²) in [5, 5.41) is 22.0. The molecule has 0 aromatic rings. The van der Waals surface area contributed by atoms with Crippen LogP contribution in [0.3, 0.4) is 0 Å². The number of ether oxygens (including phenoxy) is 1. The van der Waals surface area contributed by atoms with Gasteiger partial charge in [0.2, 0.25) is 0 Å². The van der Waals surface area contributed by atoms with Gasteiger partial charge in [0.15, 0.2) is 0 Å². The number of carbonyl (C=O) groups excluding carboxylic acids is 1. The zero-order valence-corrected chi connectivity index (χ0v) is 11.4. The summed E-state index contributed by atoms with van der Waals surface area (Å²) in [6, 6.07) is -0.715. The van der Waals surface area contributed by atoms with Crippen molar-refractivity contribution in [2.75, 3.05) is 6.61 Å². The van der Waals surface area contributed by atoms with Crippen molar-refractivity contribution in [3.63, 3.8) is 0 Å². The van der Waals surface area contributed by atoms with Crippen molar-refractivity contribution >= 4 is 6.09 Å². The largest absolute Gasteiger partial charge is 0.444 e. The van der Waals surface area contributed by atoms with E-state index < -0.39 is 23.3 Å². The fraction of sp³-hybridized carbons (Fsp3) is 0.917. The van der Waals surface area contributed by atoms with Gasteiger partial charge >= 0.3 is 6.09 Å². The molecule has 0 unspecified atom stereocenters. The van der Waals surface area contributed by atoms with Crippen LogP contribution in [0, 0.1) is 0 Å². The molecule has 0 fully saturated rings. The highest BCUT2D eigenvalue weighted by Gasteiger charge is 2.35. The van der Waals surface area contributed by atoms with Crippen molar-refractivity contribution in [2.24, 2.45) is 0 Å². The van der Waals surface area contributed by atoms with Crippen molar-refractivity contribution in [3.8, 4) is 0 Å². The van der Waals surface area contributed by atoms with E-state index in [1.807, 2.05) is 13.8 Å². The molecule has 0 aliphatic carbocycles. The van der Waals surface area contributed by atoms with E-state index in [1.54, 1.807) is 20.8 Å². The second-order valence-corrected chi connectivity index (χ2v) is 5.19. The SMILES string of the molecule is CCC(O)(CC)[C@@H](CO)NC(=O)OC(C)(C)C. The number of rotatable bonds is 5. The average Bonchev–Trinajstić information content (AvgIpc) is 2.22. The van der Waals surface area contributed by atoms with Crippen LogP contribution in [0.2, 0.25) is 0 Å². The molecule has 3 N–H and O–H groups in total. The Bertz CT molecular complexity index is 243. The highest BCUT2D eigenvalue weighted by molar-refractivity contribution is 5.68. The first-order chi connectivity index (χ1) is 7.68. The number of amides is 1. The van der Waals surface area contributed by atoms with E-state index in [-0.39, 0.29) is 6.61 Å². The molecule has 0 saturated carbocycles. The molecule has 0 aromatic heterocycles. The maximum Gasteiger partial charge on any atom is 0.408 e. The number of carbonyl (C=O) groups is 1. The van der Waals surface area contributed by atoms with Crippen molar-refractivity contribution in [1.82, 2.24) is 5.32 Å². The molecule has 0 spiro atoms. The standard InChI is InChI=1S/C12H25NO4/c1-6-12(16,7-2)9(8-14)13-10(15)17-11(3,4)5/h9,14,16H,6-8H2,1-5H3,(H,13,15)/t9-/m1/s1. The number of aliphatic hydroxyl groups excluding tert-OH is 1. The van der Waals surface area contributed by atoms with Crippen LogP contribution in [0.25, 0.3) is 0 Å². The van der Waals surface area contributed by atoms with Crippen LogP contribution in [0.15, 0.2) is 0 Å². The van der Waals surface area contributed by atoms with Gasteiger partial charge in [-0.3, -0.25) is 0 Å². The van der Waals surface area contributed by atoms with Gasteiger partial charge in [0, 0.05) is 0 Å². The molecule has 102 valence electrons. The molecular formula is C12H25NO4. The normalized spacial score (nSPS) is 14.3. The van der Waals surface area contributed by atoms with Crippen LogP contribution in [0.1, 0.15) is 47.5 Å². The Morgan fingerprint density at radius 2 is 1.76 bits per heavy atom. The van der Waals surface area contributed by atoms with Gasteiger partial charge in [-0.2, -0.15) is 0 Å². The monoisotopic (exact) mass is 247 g/mol. The van der Waals surface area contributed by atoms with Crippen LogP contribution in [-0.4, -0.2) is 40.2 Å². The second-order valence-electron chi connectivity index (χ2n) is 5.19. The molecule has 5 nitrogen and oxygen atoms in total. The summed E-state index contributed by atoms with van der Waals surface area (Å²) < 4.78 is 5.08. The van der Waals surface area contributed by atoms with Crippen LogP contribution in [0.5, 0.6) is 0 Å². The number of nitrogens with one attached hydrogen (secondary N) is 1. The topological polar surface area (TPSA) is 78.8 Å². The van der Waals surface area contributed by atoms with Gasteiger partial charge in [-0.25, -0.2) is 4.79 Å². The first kappa shape index (κ1) is 16.2. The van der Waals surface area contributed by atoms with Gasteiger partial charge in [0.05, 0.1) is 18.2 Å². The van der Waals surface area contributed by atoms with E-state index in [0.29, 0.717) is 12.8 Å². The van der Waals surface area contributed by atoms with Gasteiger partial charge in [-0.15, -0.1) is 0 Å². The lowest BCUT2D eigenvalue weighted by Crippen LogP contribution is -2.55. The molecule has 17 heavy (non-hydrogen) atoms. The molecule has 0 radical (unpaired) electrons. The smallest absolute Gasteiger partial charge is 0.408 e. The summed E-state index contributed by atoms with van der Waals surface area (Å²) in [5.41, 5.74) is -1.70. The number of alkyl carbamates (subject to hydrolysis) is 1. The van der Waals surface area contributed by atoms with E-state index in [0.717, 1.165) is 0 Å². The molecule has 0 rings (SSSR count). The fourth-order valence-corrected chi connectivity index (χ4v) is 1.54. The zero-order valence-electron chi connectivity index (χ0n) is 11.4. The van der Waals surface area contributed by atoms with Crippen LogP contribution in [0.4, 0.5) is 4.79 Å². The summed E-state index contributed by atoms with van der Waals surface area (Å²) in [7, 11) is 0. The third-order valence-corrected chi connectivity index (χ3v) is 2.75. The Morgan fingerprint density at radius 1 is 1.29 bits per heavy atom. The van der Waals surface area contributed by atoms with Gasteiger partial charge < -0.3 is 20.3 Å². The summed E-state index contributed by atoms with van der Waals surface area (Å²) >= 11 is 0. The van der Waals surface area contributed by atoms with E-state index in [2.05, 4.69) is 5.32 Å². The Kier molecular flexibility index (Phi) is 5.92. The van der Waals surface area contributed by atoms with Crippen LogP contribution in [-0.2, 0) is 4.74 Å². The van der Waals surface area contributed by atoms with E-state index in [1.165, 1.54) is 0 Å². The highest BCUT2D eigenvalue weighted by Crippen LogP contribution is 2.20. The maximum absolute atomic E-state index is 11.6. The van der Waals surface area contributed by atoms with Crippen molar-refractivity contribution in [1.29, 1.82) is 0 Å². The van der Waals surface area contributed by atoms with Gasteiger partial charge in [-0.1, -0.05) is 13.8 Å². The van der Waals surface area contributed by atoms with Gasteiger partial charge in [0.1, 0.15) is 5.60 Å². The average molecular weight is 247 g/mol. The molecule has 0 aromatic carbocycles. The van der Waals surface area contributed by atoms with Crippen LogP contribution < -0.4 is 5.32 Å². The lowest BCUT2D eigenvalue weighted by Gasteiger charge is -2.34.